The van der Waals surface area contributed by atoms with Gasteiger partial charge in [-0.2, -0.15) is 13.8 Å². The number of allylic oxidation sites excluding steroid dienone is 1. The minimum Gasteiger partial charge on any atom is -0.610 e. The number of hydrogen-bond acceptors (Lipinski definition) is 5. The van der Waals surface area contributed by atoms with Crippen molar-refractivity contribution in [3.05, 3.63) is 22.5 Å². The summed E-state index contributed by atoms with van der Waals surface area (Å²) in [7, 11) is 0. The van der Waals surface area contributed by atoms with Crippen LogP contribution in [0.5, 0.6) is 0 Å². The lowest BCUT2D eigenvalue weighted by molar-refractivity contribution is 0.160. The smallest absolute Gasteiger partial charge is 0.302 e. The number of aromatic nitrogens is 1. The minimum absolute atomic E-state index is 0.219. The van der Waals surface area contributed by atoms with Crippen molar-refractivity contribution in [1.29, 1.82) is 0 Å². The molecule has 0 spiro atoms. The summed E-state index contributed by atoms with van der Waals surface area (Å²) in [6.45, 7) is 2.24. The molecule has 1 saturated carbocycles. The third kappa shape index (κ3) is 4.72. The Morgan fingerprint density at radius 1 is 1.50 bits per heavy atom. The molecule has 1 aromatic heterocycles. The van der Waals surface area contributed by atoms with E-state index in [-0.39, 0.29) is 5.75 Å². The van der Waals surface area contributed by atoms with Crippen molar-refractivity contribution in [1.82, 2.24) is 4.98 Å². The Kier molecular flexibility index (Phi) is 6.27. The molecule has 1 aliphatic rings. The summed E-state index contributed by atoms with van der Waals surface area (Å²) < 4.78 is 49.1. The molecule has 0 radical (unpaired) electrons. The lowest BCUT2D eigenvalue weighted by atomic mass is 10.3. The molecule has 0 aromatic carbocycles. The monoisotopic (exact) mass is 352 g/mol. The molecule has 1 aliphatic carbocycles. The van der Waals surface area contributed by atoms with Crippen molar-refractivity contribution in [2.24, 2.45) is 5.16 Å². The Morgan fingerprint density at radius 3 is 2.82 bits per heavy atom. The first-order valence-electron chi connectivity index (χ1n) is 6.77. The highest BCUT2D eigenvalue weighted by Gasteiger charge is 2.32. The highest BCUT2D eigenvalue weighted by Crippen LogP contribution is 2.43. The Morgan fingerprint density at radius 2 is 2.23 bits per heavy atom. The molecule has 1 atom stereocenters. The number of oxime groups is 1. The predicted molar refractivity (Wildman–Crippen MR) is 79.6 cm³/mol. The maximum atomic E-state index is 12.8. The van der Waals surface area contributed by atoms with Crippen LogP contribution in [0.25, 0.3) is 0 Å². The largest absolute Gasteiger partial charge is 0.610 e. The van der Waals surface area contributed by atoms with E-state index in [2.05, 4.69) is 10.1 Å². The van der Waals surface area contributed by atoms with Crippen molar-refractivity contribution >= 4 is 28.7 Å². The molecule has 4 nitrogen and oxygen atoms in total. The number of halogens is 3. The molecule has 0 bridgehead atoms. The number of nitrogens with zero attached hydrogens (tertiary/aromatic N) is 2. The zero-order valence-electron chi connectivity index (χ0n) is 11.9. The fraction of sp³-hybridized carbons (Fsp3) is 0.538. The summed E-state index contributed by atoms with van der Waals surface area (Å²) in [6.07, 6.45) is 0.623. The van der Waals surface area contributed by atoms with E-state index in [1.165, 1.54) is 17.6 Å². The quantitative estimate of drug-likeness (QED) is 0.404. The second kappa shape index (κ2) is 7.98. The zero-order chi connectivity index (χ0) is 16.1. The fourth-order valence-electron chi connectivity index (χ4n) is 1.69. The van der Waals surface area contributed by atoms with E-state index < -0.39 is 29.5 Å². The van der Waals surface area contributed by atoms with Crippen LogP contribution in [-0.2, 0) is 16.0 Å². The molecule has 0 amide bonds. The number of hydrogen-bond donors (Lipinski definition) is 0. The van der Waals surface area contributed by atoms with Crippen LogP contribution in [-0.4, -0.2) is 28.1 Å². The van der Waals surface area contributed by atoms with Crippen molar-refractivity contribution in [2.75, 3.05) is 12.4 Å². The molecule has 9 heteroatoms. The van der Waals surface area contributed by atoms with Crippen LogP contribution < -0.4 is 0 Å². The van der Waals surface area contributed by atoms with Crippen molar-refractivity contribution in [3.63, 3.8) is 0 Å². The first kappa shape index (κ1) is 17.3. The standard InChI is InChI=1S/C13H15F3N2O2S2/c1-2-20-17-7-10-11(8-3-4-8)18-13(21-10)22(19)6-5-9(14)12(15)16/h7-8H,2-6H2,1H3. The van der Waals surface area contributed by atoms with Gasteiger partial charge in [0, 0.05) is 17.1 Å². The molecule has 22 heavy (non-hydrogen) atoms. The van der Waals surface area contributed by atoms with E-state index in [9.17, 15) is 17.7 Å². The summed E-state index contributed by atoms with van der Waals surface area (Å²) in [5.74, 6) is -1.42. The summed E-state index contributed by atoms with van der Waals surface area (Å²) in [5, 5.41) is 3.78. The second-order valence-corrected chi connectivity index (χ2v) is 7.40. The SMILES string of the molecule is CCON=Cc1sc([S+]([O-])CCC(F)=C(F)F)nc1C1CC1. The second-order valence-electron chi connectivity index (χ2n) is 4.62. The maximum Gasteiger partial charge on any atom is 0.302 e. The minimum atomic E-state index is -2.36. The van der Waals surface area contributed by atoms with Gasteiger partial charge in [0.15, 0.2) is 5.83 Å². The summed E-state index contributed by atoms with van der Waals surface area (Å²) in [6, 6.07) is 0. The number of thiazole rings is 1. The van der Waals surface area contributed by atoms with Gasteiger partial charge in [-0.25, -0.2) is 4.39 Å². The van der Waals surface area contributed by atoms with Crippen LogP contribution in [0, 0.1) is 0 Å². The number of rotatable bonds is 8. The highest BCUT2D eigenvalue weighted by atomic mass is 32.2. The average Bonchev–Trinajstić information content (AvgIpc) is 3.25. The first-order valence-corrected chi connectivity index (χ1v) is 8.90. The molecule has 122 valence electrons. The van der Waals surface area contributed by atoms with Gasteiger partial charge >= 0.3 is 10.4 Å². The summed E-state index contributed by atoms with van der Waals surface area (Å²) in [4.78, 5) is 9.98. The van der Waals surface area contributed by atoms with Gasteiger partial charge in [0.2, 0.25) is 0 Å². The van der Waals surface area contributed by atoms with Crippen LogP contribution >= 0.6 is 11.3 Å². The van der Waals surface area contributed by atoms with E-state index in [0.717, 1.165) is 23.4 Å². The third-order valence-electron chi connectivity index (χ3n) is 2.91. The average molecular weight is 352 g/mol. The molecule has 0 aliphatic heterocycles. The van der Waals surface area contributed by atoms with Crippen LogP contribution in [0.1, 0.15) is 42.7 Å². The van der Waals surface area contributed by atoms with E-state index in [0.29, 0.717) is 16.9 Å². The van der Waals surface area contributed by atoms with Crippen molar-refractivity contribution in [3.8, 4) is 0 Å². The molecule has 1 fully saturated rings. The van der Waals surface area contributed by atoms with Crippen LogP contribution in [0.3, 0.4) is 0 Å². The van der Waals surface area contributed by atoms with Crippen LogP contribution in [0.15, 0.2) is 21.4 Å². The molecule has 0 N–H and O–H groups in total. The van der Waals surface area contributed by atoms with Gasteiger partial charge in [-0.05, 0) is 19.8 Å². The van der Waals surface area contributed by atoms with E-state index in [1.807, 2.05) is 0 Å². The van der Waals surface area contributed by atoms with E-state index in [1.54, 1.807) is 6.92 Å². The van der Waals surface area contributed by atoms with E-state index >= 15 is 0 Å². The lowest BCUT2D eigenvalue weighted by Crippen LogP contribution is -2.07. The molecular formula is C13H15F3N2O2S2. The van der Waals surface area contributed by atoms with Gasteiger partial charge < -0.3 is 9.39 Å². The first-order chi connectivity index (χ1) is 10.5. The van der Waals surface area contributed by atoms with Crippen molar-refractivity contribution in [2.45, 2.75) is 36.4 Å². The summed E-state index contributed by atoms with van der Waals surface area (Å²) in [5.41, 5.74) is 0.810. The predicted octanol–water partition coefficient (Wildman–Crippen LogP) is 3.97. The molecular weight excluding hydrogens is 337 g/mol. The normalized spacial score (nSPS) is 16.0. The Bertz CT molecular complexity index is 570. The Balaban J connectivity index is 2.07. The Hall–Kier alpha value is -1.06. The van der Waals surface area contributed by atoms with Gasteiger partial charge in [0.1, 0.15) is 12.4 Å². The molecule has 1 heterocycles. The molecule has 2 rings (SSSR count). The third-order valence-corrected chi connectivity index (χ3v) is 5.57. The van der Waals surface area contributed by atoms with Crippen LogP contribution in [0.2, 0.25) is 0 Å². The topological polar surface area (TPSA) is 57.5 Å². The van der Waals surface area contributed by atoms with Gasteiger partial charge in [-0.1, -0.05) is 16.5 Å². The van der Waals surface area contributed by atoms with Gasteiger partial charge in [-0.15, -0.1) is 0 Å². The van der Waals surface area contributed by atoms with Gasteiger partial charge in [0.05, 0.1) is 23.2 Å². The highest BCUT2D eigenvalue weighted by molar-refractivity contribution is 7.93. The summed E-state index contributed by atoms with van der Waals surface area (Å²) >= 11 is -0.429. The van der Waals surface area contributed by atoms with Crippen molar-refractivity contribution < 1.29 is 22.6 Å². The maximum absolute atomic E-state index is 12.8. The molecule has 0 saturated heterocycles. The van der Waals surface area contributed by atoms with E-state index in [4.69, 9.17) is 4.84 Å². The van der Waals surface area contributed by atoms with Gasteiger partial charge in [0.25, 0.3) is 0 Å². The van der Waals surface area contributed by atoms with Gasteiger partial charge in [-0.3, -0.25) is 0 Å². The lowest BCUT2D eigenvalue weighted by Gasteiger charge is -2.05. The molecule has 1 aromatic rings. The zero-order valence-corrected chi connectivity index (χ0v) is 13.5. The van der Waals surface area contributed by atoms with Crippen LogP contribution in [0.4, 0.5) is 13.2 Å². The fourth-order valence-corrected chi connectivity index (χ4v) is 4.06. The Labute approximate surface area is 133 Å². The molecule has 1 unspecified atom stereocenters.